The number of piperidine rings is 1. The molecular formula is C15H26N2O3. The SMILES string of the molecule is CC1(C)C[C@@H](O)CCN(C(=O)CN2CCCCC2=O)C1. The van der Waals surface area contributed by atoms with Crippen molar-refractivity contribution in [2.45, 2.75) is 52.1 Å². The highest BCUT2D eigenvalue weighted by Gasteiger charge is 2.32. The molecule has 1 atom stereocenters. The summed E-state index contributed by atoms with van der Waals surface area (Å²) in [6, 6.07) is 0. The molecule has 5 nitrogen and oxygen atoms in total. The number of hydrogen-bond acceptors (Lipinski definition) is 3. The molecule has 0 spiro atoms. The van der Waals surface area contributed by atoms with Crippen molar-refractivity contribution in [3.63, 3.8) is 0 Å². The first-order valence-electron chi connectivity index (χ1n) is 7.61. The minimum absolute atomic E-state index is 0.0161. The normalized spacial score (nSPS) is 27.4. The van der Waals surface area contributed by atoms with Gasteiger partial charge in [-0.05, 0) is 31.1 Å². The zero-order chi connectivity index (χ0) is 14.8. The van der Waals surface area contributed by atoms with Gasteiger partial charge in [-0.1, -0.05) is 13.8 Å². The van der Waals surface area contributed by atoms with Crippen LogP contribution in [-0.4, -0.2) is 59.0 Å². The lowest BCUT2D eigenvalue weighted by molar-refractivity contribution is -0.142. The van der Waals surface area contributed by atoms with Gasteiger partial charge in [0.1, 0.15) is 0 Å². The molecule has 0 aromatic heterocycles. The second kappa shape index (κ2) is 6.12. The number of rotatable bonds is 2. The van der Waals surface area contributed by atoms with Crippen LogP contribution in [0.15, 0.2) is 0 Å². The van der Waals surface area contributed by atoms with E-state index < -0.39 is 0 Å². The van der Waals surface area contributed by atoms with Crippen molar-refractivity contribution >= 4 is 11.8 Å². The summed E-state index contributed by atoms with van der Waals surface area (Å²) in [6.45, 7) is 6.30. The number of hydrogen-bond donors (Lipinski definition) is 1. The summed E-state index contributed by atoms with van der Waals surface area (Å²) in [7, 11) is 0. The van der Waals surface area contributed by atoms with Crippen LogP contribution in [0.1, 0.15) is 46.0 Å². The van der Waals surface area contributed by atoms with E-state index in [0.717, 1.165) is 19.3 Å². The van der Waals surface area contributed by atoms with Gasteiger partial charge in [0.25, 0.3) is 0 Å². The Kier molecular flexibility index (Phi) is 4.68. The average Bonchev–Trinajstić information content (AvgIpc) is 2.49. The van der Waals surface area contributed by atoms with Crippen molar-refractivity contribution in [3.8, 4) is 0 Å². The molecule has 0 aliphatic carbocycles. The Morgan fingerprint density at radius 1 is 1.35 bits per heavy atom. The summed E-state index contributed by atoms with van der Waals surface area (Å²) in [5.41, 5.74) is -0.0719. The molecule has 2 saturated heterocycles. The van der Waals surface area contributed by atoms with Gasteiger partial charge in [0, 0.05) is 26.1 Å². The van der Waals surface area contributed by atoms with Crippen LogP contribution in [0.25, 0.3) is 0 Å². The van der Waals surface area contributed by atoms with Gasteiger partial charge in [-0.3, -0.25) is 9.59 Å². The molecule has 2 aliphatic rings. The first-order valence-corrected chi connectivity index (χ1v) is 7.61. The molecule has 0 saturated carbocycles. The maximum Gasteiger partial charge on any atom is 0.242 e. The van der Waals surface area contributed by atoms with E-state index >= 15 is 0 Å². The molecule has 114 valence electrons. The van der Waals surface area contributed by atoms with Gasteiger partial charge in [0.2, 0.25) is 11.8 Å². The Bertz CT molecular complexity index is 381. The van der Waals surface area contributed by atoms with Gasteiger partial charge in [-0.2, -0.15) is 0 Å². The highest BCUT2D eigenvalue weighted by Crippen LogP contribution is 2.28. The van der Waals surface area contributed by atoms with Gasteiger partial charge in [0.15, 0.2) is 0 Å². The number of aliphatic hydroxyl groups excluding tert-OH is 1. The van der Waals surface area contributed by atoms with Crippen LogP contribution in [0, 0.1) is 5.41 Å². The third-order valence-electron chi connectivity index (χ3n) is 4.24. The van der Waals surface area contributed by atoms with E-state index in [0.29, 0.717) is 32.5 Å². The molecule has 0 radical (unpaired) electrons. The number of nitrogens with zero attached hydrogens (tertiary/aromatic N) is 2. The molecule has 2 heterocycles. The number of likely N-dealkylation sites (tertiary alicyclic amines) is 2. The first-order chi connectivity index (χ1) is 9.37. The van der Waals surface area contributed by atoms with E-state index in [1.807, 2.05) is 4.90 Å². The van der Waals surface area contributed by atoms with Gasteiger partial charge in [0.05, 0.1) is 12.6 Å². The quantitative estimate of drug-likeness (QED) is 0.822. The Morgan fingerprint density at radius 2 is 2.10 bits per heavy atom. The van der Waals surface area contributed by atoms with Crippen molar-refractivity contribution in [1.29, 1.82) is 0 Å². The van der Waals surface area contributed by atoms with Crippen molar-refractivity contribution in [2.75, 3.05) is 26.2 Å². The molecular weight excluding hydrogens is 256 g/mol. The molecule has 20 heavy (non-hydrogen) atoms. The van der Waals surface area contributed by atoms with Crippen molar-refractivity contribution in [1.82, 2.24) is 9.80 Å². The third kappa shape index (κ3) is 3.95. The lowest BCUT2D eigenvalue weighted by Crippen LogP contribution is -2.46. The third-order valence-corrected chi connectivity index (χ3v) is 4.24. The van der Waals surface area contributed by atoms with Gasteiger partial charge >= 0.3 is 0 Å². The summed E-state index contributed by atoms with van der Waals surface area (Å²) >= 11 is 0. The predicted molar refractivity (Wildman–Crippen MR) is 76.0 cm³/mol. The zero-order valence-corrected chi connectivity index (χ0v) is 12.6. The fourth-order valence-electron chi connectivity index (χ4n) is 3.21. The first kappa shape index (κ1) is 15.3. The summed E-state index contributed by atoms with van der Waals surface area (Å²) in [4.78, 5) is 27.7. The molecule has 0 aromatic carbocycles. The van der Waals surface area contributed by atoms with Crippen molar-refractivity contribution in [3.05, 3.63) is 0 Å². The summed E-state index contributed by atoms with van der Waals surface area (Å²) in [5, 5.41) is 9.89. The van der Waals surface area contributed by atoms with Crippen LogP contribution in [0.2, 0.25) is 0 Å². The van der Waals surface area contributed by atoms with E-state index in [2.05, 4.69) is 13.8 Å². The van der Waals surface area contributed by atoms with Crippen LogP contribution in [-0.2, 0) is 9.59 Å². The Balaban J connectivity index is 1.95. The van der Waals surface area contributed by atoms with Crippen LogP contribution >= 0.6 is 0 Å². The number of carbonyl (C=O) groups excluding carboxylic acids is 2. The number of aliphatic hydroxyl groups is 1. The van der Waals surface area contributed by atoms with Crippen LogP contribution in [0.4, 0.5) is 0 Å². The molecule has 2 fully saturated rings. The molecule has 0 aromatic rings. The molecule has 2 amide bonds. The van der Waals surface area contributed by atoms with E-state index in [4.69, 9.17) is 0 Å². The number of amides is 2. The van der Waals surface area contributed by atoms with Gasteiger partial charge < -0.3 is 14.9 Å². The molecule has 0 bridgehead atoms. The Morgan fingerprint density at radius 3 is 2.80 bits per heavy atom. The molecule has 1 N–H and O–H groups in total. The molecule has 5 heteroatoms. The van der Waals surface area contributed by atoms with E-state index in [-0.39, 0.29) is 29.9 Å². The minimum atomic E-state index is -0.334. The highest BCUT2D eigenvalue weighted by molar-refractivity contribution is 5.85. The van der Waals surface area contributed by atoms with Crippen molar-refractivity contribution < 1.29 is 14.7 Å². The van der Waals surface area contributed by atoms with Gasteiger partial charge in [-0.25, -0.2) is 0 Å². The molecule has 0 unspecified atom stereocenters. The zero-order valence-electron chi connectivity index (χ0n) is 12.6. The maximum absolute atomic E-state index is 12.4. The second-order valence-corrected chi connectivity index (χ2v) is 6.90. The average molecular weight is 282 g/mol. The van der Waals surface area contributed by atoms with Gasteiger partial charge in [-0.15, -0.1) is 0 Å². The summed E-state index contributed by atoms with van der Waals surface area (Å²) in [6.07, 6.45) is 3.51. The van der Waals surface area contributed by atoms with Crippen LogP contribution in [0.5, 0.6) is 0 Å². The van der Waals surface area contributed by atoms with Crippen LogP contribution in [0.3, 0.4) is 0 Å². The Labute approximate surface area is 120 Å². The smallest absolute Gasteiger partial charge is 0.242 e. The lowest BCUT2D eigenvalue weighted by Gasteiger charge is -2.32. The van der Waals surface area contributed by atoms with Crippen molar-refractivity contribution in [2.24, 2.45) is 5.41 Å². The molecule has 2 aliphatic heterocycles. The fourth-order valence-corrected chi connectivity index (χ4v) is 3.21. The second-order valence-electron chi connectivity index (χ2n) is 6.90. The molecule has 2 rings (SSSR count). The highest BCUT2D eigenvalue weighted by atomic mass is 16.3. The fraction of sp³-hybridized carbons (Fsp3) is 0.867. The predicted octanol–water partition coefficient (Wildman–Crippen LogP) is 1.01. The Hall–Kier alpha value is -1.10. The maximum atomic E-state index is 12.4. The minimum Gasteiger partial charge on any atom is -0.393 e. The largest absolute Gasteiger partial charge is 0.393 e. The van der Waals surface area contributed by atoms with Crippen LogP contribution < -0.4 is 0 Å². The number of carbonyl (C=O) groups is 2. The monoisotopic (exact) mass is 282 g/mol. The van der Waals surface area contributed by atoms with E-state index in [1.54, 1.807) is 4.90 Å². The summed E-state index contributed by atoms with van der Waals surface area (Å²) < 4.78 is 0. The topological polar surface area (TPSA) is 60.9 Å². The van der Waals surface area contributed by atoms with E-state index in [1.165, 1.54) is 0 Å². The summed E-state index contributed by atoms with van der Waals surface area (Å²) in [5.74, 6) is 0.112. The standard InChI is InChI=1S/C15H26N2O3/c1-15(2)9-12(18)6-8-17(11-15)14(20)10-16-7-4-3-5-13(16)19/h12,18H,3-11H2,1-2H3/t12-/m0/s1. The lowest BCUT2D eigenvalue weighted by atomic mass is 9.87. The van der Waals surface area contributed by atoms with E-state index in [9.17, 15) is 14.7 Å².